The smallest absolute Gasteiger partial charge is 0.122 e. The van der Waals surface area contributed by atoms with Gasteiger partial charge in [0.2, 0.25) is 0 Å². The molecule has 1 atom stereocenters. The van der Waals surface area contributed by atoms with Crippen molar-refractivity contribution in [1.82, 2.24) is 5.32 Å². The fraction of sp³-hybridized carbons (Fsp3) is 0.600. The van der Waals surface area contributed by atoms with Gasteiger partial charge in [0.15, 0.2) is 0 Å². The zero-order valence-electron chi connectivity index (χ0n) is 11.4. The van der Waals surface area contributed by atoms with Gasteiger partial charge >= 0.3 is 0 Å². The summed E-state index contributed by atoms with van der Waals surface area (Å²) >= 11 is 0. The first-order valence-electron chi connectivity index (χ1n) is 6.86. The van der Waals surface area contributed by atoms with Crippen molar-refractivity contribution < 1.29 is 4.74 Å². The van der Waals surface area contributed by atoms with Crippen LogP contribution in [0.5, 0.6) is 5.75 Å². The number of nitrogens with one attached hydrogen (secondary N) is 1. The molecule has 0 saturated carbocycles. The third-order valence-corrected chi connectivity index (χ3v) is 3.74. The summed E-state index contributed by atoms with van der Waals surface area (Å²) in [5.74, 6) is 2.25. The highest BCUT2D eigenvalue weighted by Gasteiger charge is 2.13. The van der Waals surface area contributed by atoms with Crippen LogP contribution in [-0.4, -0.2) is 19.7 Å². The molecule has 1 unspecified atom stereocenters. The molecular formula is C15H24N2O. The van der Waals surface area contributed by atoms with Gasteiger partial charge in [-0.15, -0.1) is 0 Å². The van der Waals surface area contributed by atoms with Gasteiger partial charge in [0.1, 0.15) is 5.75 Å². The van der Waals surface area contributed by atoms with Crippen LogP contribution >= 0.6 is 0 Å². The summed E-state index contributed by atoms with van der Waals surface area (Å²) in [5.41, 5.74) is 8.44. The van der Waals surface area contributed by atoms with E-state index in [-0.39, 0.29) is 0 Å². The summed E-state index contributed by atoms with van der Waals surface area (Å²) in [6.45, 7) is 7.94. The number of ether oxygens (including phenoxy) is 1. The molecule has 0 aliphatic carbocycles. The minimum Gasteiger partial charge on any atom is -0.493 e. The van der Waals surface area contributed by atoms with Crippen molar-refractivity contribution in [3.63, 3.8) is 0 Å². The Bertz CT molecular complexity index is 390. The Morgan fingerprint density at radius 3 is 2.94 bits per heavy atom. The normalized spacial score (nSPS) is 15.6. The lowest BCUT2D eigenvalue weighted by molar-refractivity contribution is 0.356. The first-order valence-corrected chi connectivity index (χ1v) is 6.86. The molecule has 2 rings (SSSR count). The van der Waals surface area contributed by atoms with Crippen LogP contribution in [0.3, 0.4) is 0 Å². The second kappa shape index (κ2) is 6.21. The molecule has 0 aromatic heterocycles. The molecule has 1 aromatic rings. The van der Waals surface area contributed by atoms with E-state index < -0.39 is 0 Å². The molecule has 1 aliphatic rings. The Balaban J connectivity index is 1.83. The van der Waals surface area contributed by atoms with E-state index in [2.05, 4.69) is 37.4 Å². The molecule has 1 aliphatic heterocycles. The van der Waals surface area contributed by atoms with Crippen molar-refractivity contribution in [2.45, 2.75) is 26.8 Å². The number of rotatable bonds is 6. The third-order valence-electron chi connectivity index (χ3n) is 3.74. The highest BCUT2D eigenvalue weighted by molar-refractivity contribution is 5.39. The Kier molecular flexibility index (Phi) is 4.61. The molecule has 0 fully saturated rings. The number of fused-ring (bicyclic) bond motifs is 1. The van der Waals surface area contributed by atoms with E-state index in [4.69, 9.17) is 10.5 Å². The van der Waals surface area contributed by atoms with E-state index >= 15 is 0 Å². The molecule has 0 radical (unpaired) electrons. The van der Waals surface area contributed by atoms with Crippen LogP contribution in [0, 0.1) is 11.8 Å². The van der Waals surface area contributed by atoms with E-state index in [1.54, 1.807) is 0 Å². The van der Waals surface area contributed by atoms with Crippen LogP contribution in [0.2, 0.25) is 0 Å². The molecule has 100 valence electrons. The average molecular weight is 248 g/mol. The van der Waals surface area contributed by atoms with Crippen LogP contribution < -0.4 is 15.8 Å². The number of benzene rings is 1. The predicted molar refractivity (Wildman–Crippen MR) is 74.7 cm³/mol. The number of hydrogen-bond donors (Lipinski definition) is 2. The largest absolute Gasteiger partial charge is 0.493 e. The molecule has 1 aromatic carbocycles. The summed E-state index contributed by atoms with van der Waals surface area (Å²) < 4.78 is 5.51. The van der Waals surface area contributed by atoms with Gasteiger partial charge in [-0.2, -0.15) is 0 Å². The van der Waals surface area contributed by atoms with Gasteiger partial charge in [-0.25, -0.2) is 0 Å². The van der Waals surface area contributed by atoms with E-state index in [0.29, 0.717) is 11.8 Å². The van der Waals surface area contributed by atoms with Crippen molar-refractivity contribution in [3.8, 4) is 5.75 Å². The topological polar surface area (TPSA) is 47.3 Å². The second-order valence-electron chi connectivity index (χ2n) is 5.41. The lowest BCUT2D eigenvalue weighted by Gasteiger charge is -2.19. The molecule has 18 heavy (non-hydrogen) atoms. The minimum atomic E-state index is 0.558. The third kappa shape index (κ3) is 3.24. The summed E-state index contributed by atoms with van der Waals surface area (Å²) in [6.07, 6.45) is 1.04. The van der Waals surface area contributed by atoms with Crippen LogP contribution in [0.25, 0.3) is 0 Å². The average Bonchev–Trinajstić information content (AvgIpc) is 2.81. The highest BCUT2D eigenvalue weighted by atomic mass is 16.5. The molecule has 0 saturated heterocycles. The molecule has 0 bridgehead atoms. The fourth-order valence-electron chi connectivity index (χ4n) is 2.34. The minimum absolute atomic E-state index is 0.558. The summed E-state index contributed by atoms with van der Waals surface area (Å²) in [7, 11) is 0. The van der Waals surface area contributed by atoms with Crippen molar-refractivity contribution in [2.75, 3.05) is 19.7 Å². The van der Waals surface area contributed by atoms with Gasteiger partial charge in [-0.1, -0.05) is 26.0 Å². The maximum atomic E-state index is 5.77. The Morgan fingerprint density at radius 2 is 2.22 bits per heavy atom. The van der Waals surface area contributed by atoms with E-state index in [1.807, 2.05) is 0 Å². The molecule has 1 heterocycles. The van der Waals surface area contributed by atoms with Crippen molar-refractivity contribution >= 4 is 0 Å². The molecule has 0 amide bonds. The lowest BCUT2D eigenvalue weighted by atomic mass is 9.96. The lowest BCUT2D eigenvalue weighted by Crippen LogP contribution is -2.31. The number of nitrogens with two attached hydrogens (primary N) is 1. The van der Waals surface area contributed by atoms with E-state index in [9.17, 15) is 0 Å². The zero-order valence-corrected chi connectivity index (χ0v) is 11.4. The van der Waals surface area contributed by atoms with Crippen LogP contribution in [0.1, 0.15) is 25.0 Å². The molecule has 3 nitrogen and oxygen atoms in total. The van der Waals surface area contributed by atoms with Crippen LogP contribution in [0.15, 0.2) is 18.2 Å². The predicted octanol–water partition coefficient (Wildman–Crippen LogP) is 1.94. The van der Waals surface area contributed by atoms with Crippen LogP contribution in [0.4, 0.5) is 0 Å². The Labute approximate surface area is 110 Å². The van der Waals surface area contributed by atoms with Gasteiger partial charge in [-0.3, -0.25) is 0 Å². The van der Waals surface area contributed by atoms with E-state index in [0.717, 1.165) is 38.4 Å². The fourth-order valence-corrected chi connectivity index (χ4v) is 2.34. The first-order chi connectivity index (χ1) is 8.70. The molecule has 0 spiro atoms. The van der Waals surface area contributed by atoms with Gasteiger partial charge in [0, 0.05) is 13.0 Å². The summed E-state index contributed by atoms with van der Waals surface area (Å²) in [4.78, 5) is 0. The SMILES string of the molecule is CC(C)C(CN)CNCc1ccc2c(c1)CCO2. The van der Waals surface area contributed by atoms with Crippen molar-refractivity contribution in [1.29, 1.82) is 0 Å². The van der Waals surface area contributed by atoms with Gasteiger partial charge in [0.25, 0.3) is 0 Å². The molecular weight excluding hydrogens is 224 g/mol. The summed E-state index contributed by atoms with van der Waals surface area (Å²) in [5, 5.41) is 3.50. The molecule has 3 N–H and O–H groups in total. The first kappa shape index (κ1) is 13.4. The highest BCUT2D eigenvalue weighted by Crippen LogP contribution is 2.25. The van der Waals surface area contributed by atoms with Crippen molar-refractivity contribution in [2.24, 2.45) is 17.6 Å². The van der Waals surface area contributed by atoms with E-state index in [1.165, 1.54) is 11.1 Å². The van der Waals surface area contributed by atoms with Gasteiger partial charge < -0.3 is 15.8 Å². The molecule has 3 heteroatoms. The zero-order chi connectivity index (χ0) is 13.0. The quantitative estimate of drug-likeness (QED) is 0.809. The Hall–Kier alpha value is -1.06. The van der Waals surface area contributed by atoms with Gasteiger partial charge in [0.05, 0.1) is 6.61 Å². The maximum Gasteiger partial charge on any atom is 0.122 e. The standard InChI is InChI=1S/C15H24N2O/c1-11(2)14(8-16)10-17-9-12-3-4-15-13(7-12)5-6-18-15/h3-4,7,11,14,17H,5-6,8-10,16H2,1-2H3. The maximum absolute atomic E-state index is 5.77. The number of hydrogen-bond acceptors (Lipinski definition) is 3. The van der Waals surface area contributed by atoms with Crippen molar-refractivity contribution in [3.05, 3.63) is 29.3 Å². The monoisotopic (exact) mass is 248 g/mol. The summed E-state index contributed by atoms with van der Waals surface area (Å²) in [6, 6.07) is 6.48. The second-order valence-corrected chi connectivity index (χ2v) is 5.41. The van der Waals surface area contributed by atoms with Gasteiger partial charge in [-0.05, 0) is 42.1 Å². The Morgan fingerprint density at radius 1 is 1.39 bits per heavy atom. The van der Waals surface area contributed by atoms with Crippen LogP contribution in [-0.2, 0) is 13.0 Å².